The van der Waals surface area contributed by atoms with E-state index in [1.165, 1.54) is 0 Å². The molecule has 1 aliphatic heterocycles. The number of ether oxygens (including phenoxy) is 6. The number of rotatable bonds is 11. The number of morpholine rings is 1. The normalized spacial score (nSPS) is 14.7. The molecule has 2 aromatic carbocycles. The first-order chi connectivity index (χ1) is 16.6. The molecule has 0 aromatic heterocycles. The zero-order chi connectivity index (χ0) is 24.5. The average Bonchev–Trinajstić information content (AvgIpc) is 2.88. The Hall–Kier alpha value is -3.17. The molecule has 0 bridgehead atoms. The van der Waals surface area contributed by atoms with Crippen LogP contribution < -0.4 is 29.0 Å². The quantitative estimate of drug-likeness (QED) is 0.532. The lowest BCUT2D eigenvalue weighted by molar-refractivity contribution is -0.120. The molecule has 186 valence electrons. The Kier molecular flexibility index (Phi) is 9.24. The van der Waals surface area contributed by atoms with Crippen LogP contribution in [0.25, 0.3) is 0 Å². The summed E-state index contributed by atoms with van der Waals surface area (Å²) in [7, 11) is 7.87. The van der Waals surface area contributed by atoms with Crippen LogP contribution in [0.1, 0.15) is 17.2 Å². The van der Waals surface area contributed by atoms with E-state index in [-0.39, 0.29) is 18.4 Å². The second-order valence-electron chi connectivity index (χ2n) is 7.75. The molecule has 9 nitrogen and oxygen atoms in total. The Morgan fingerprint density at radius 2 is 1.53 bits per heavy atom. The lowest BCUT2D eigenvalue weighted by atomic mass is 10.0. The molecule has 0 aliphatic carbocycles. The van der Waals surface area contributed by atoms with Gasteiger partial charge < -0.3 is 33.7 Å². The number of hydrogen-bond donors (Lipinski definition) is 1. The van der Waals surface area contributed by atoms with Crippen molar-refractivity contribution in [2.75, 3.05) is 68.4 Å². The molecule has 1 unspecified atom stereocenters. The van der Waals surface area contributed by atoms with Crippen LogP contribution in [-0.2, 0) is 16.0 Å². The molecular weight excluding hydrogens is 440 g/mol. The second kappa shape index (κ2) is 12.3. The Bertz CT molecular complexity index is 961. The molecule has 2 aromatic rings. The minimum atomic E-state index is -0.121. The molecule has 1 saturated heterocycles. The maximum Gasteiger partial charge on any atom is 0.224 e. The fraction of sp³-hybridized carbons (Fsp3) is 0.480. The summed E-state index contributed by atoms with van der Waals surface area (Å²) in [5.41, 5.74) is 1.75. The predicted molar refractivity (Wildman–Crippen MR) is 127 cm³/mol. The summed E-state index contributed by atoms with van der Waals surface area (Å²) in [6, 6.07) is 9.39. The second-order valence-corrected chi connectivity index (χ2v) is 7.75. The van der Waals surface area contributed by atoms with Crippen LogP contribution in [-0.4, -0.2) is 79.2 Å². The van der Waals surface area contributed by atoms with Crippen molar-refractivity contribution in [3.63, 3.8) is 0 Å². The van der Waals surface area contributed by atoms with E-state index in [1.54, 1.807) is 41.6 Å². The number of hydrogen-bond acceptors (Lipinski definition) is 8. The minimum Gasteiger partial charge on any atom is -0.493 e. The van der Waals surface area contributed by atoms with Crippen molar-refractivity contribution in [1.29, 1.82) is 0 Å². The lowest BCUT2D eigenvalue weighted by Gasteiger charge is -2.35. The third-order valence-corrected chi connectivity index (χ3v) is 5.91. The van der Waals surface area contributed by atoms with Crippen LogP contribution in [0.15, 0.2) is 30.3 Å². The van der Waals surface area contributed by atoms with Gasteiger partial charge in [-0.15, -0.1) is 0 Å². The van der Waals surface area contributed by atoms with Gasteiger partial charge in [0.1, 0.15) is 0 Å². The van der Waals surface area contributed by atoms with Crippen molar-refractivity contribution in [2.24, 2.45) is 0 Å². The highest BCUT2D eigenvalue weighted by molar-refractivity contribution is 5.80. The number of benzene rings is 2. The summed E-state index contributed by atoms with van der Waals surface area (Å²) in [5.74, 6) is 2.69. The molecule has 0 radical (unpaired) electrons. The topological polar surface area (TPSA) is 87.7 Å². The van der Waals surface area contributed by atoms with Gasteiger partial charge in [-0.05, 0) is 23.8 Å². The number of methoxy groups -OCH3 is 5. The van der Waals surface area contributed by atoms with Crippen LogP contribution in [0.5, 0.6) is 28.7 Å². The van der Waals surface area contributed by atoms with Gasteiger partial charge in [0.05, 0.1) is 61.2 Å². The highest BCUT2D eigenvalue weighted by Crippen LogP contribution is 2.40. The molecular formula is C25H34N2O7. The number of nitrogens with one attached hydrogen (secondary N) is 1. The van der Waals surface area contributed by atoms with Gasteiger partial charge in [-0.2, -0.15) is 0 Å². The van der Waals surface area contributed by atoms with Gasteiger partial charge in [0, 0.05) is 25.2 Å². The monoisotopic (exact) mass is 474 g/mol. The molecule has 1 heterocycles. The number of carbonyl (C=O) groups excluding carboxylic acids is 1. The molecule has 1 aliphatic rings. The number of carbonyl (C=O) groups is 1. The van der Waals surface area contributed by atoms with Gasteiger partial charge in [-0.1, -0.05) is 12.1 Å². The summed E-state index contributed by atoms with van der Waals surface area (Å²) in [6.07, 6.45) is 0.144. The first-order valence-corrected chi connectivity index (χ1v) is 11.1. The minimum absolute atomic E-state index is 0.0417. The first-order valence-electron chi connectivity index (χ1n) is 11.1. The Labute approximate surface area is 200 Å². The predicted octanol–water partition coefficient (Wildman–Crippen LogP) is 2.46. The van der Waals surface area contributed by atoms with Gasteiger partial charge in [-0.3, -0.25) is 9.69 Å². The highest BCUT2D eigenvalue weighted by Gasteiger charge is 2.25. The molecule has 1 atom stereocenters. The van der Waals surface area contributed by atoms with Crippen molar-refractivity contribution in [3.05, 3.63) is 41.5 Å². The van der Waals surface area contributed by atoms with Crippen molar-refractivity contribution in [1.82, 2.24) is 10.2 Å². The van der Waals surface area contributed by atoms with E-state index in [4.69, 9.17) is 28.4 Å². The highest BCUT2D eigenvalue weighted by atomic mass is 16.5. The standard InChI is InChI=1S/C25H34N2O7/c1-29-20-8-6-17(14-22(20)31-3)19(27-10-12-34-13-11-27)16-26-23(28)15-18-7-9-21(30-2)25(33-5)24(18)32-4/h6-9,14,19H,10-13,15-16H2,1-5H3,(H,26,28). The Morgan fingerprint density at radius 3 is 2.15 bits per heavy atom. The van der Waals surface area contributed by atoms with Gasteiger partial charge in [-0.25, -0.2) is 0 Å². The molecule has 1 fully saturated rings. The fourth-order valence-corrected chi connectivity index (χ4v) is 4.16. The molecule has 3 rings (SSSR count). The van der Waals surface area contributed by atoms with Crippen molar-refractivity contribution >= 4 is 5.91 Å². The van der Waals surface area contributed by atoms with Crippen LogP contribution >= 0.6 is 0 Å². The first kappa shape index (κ1) is 25.5. The van der Waals surface area contributed by atoms with Crippen molar-refractivity contribution in [3.8, 4) is 28.7 Å². The van der Waals surface area contributed by atoms with Gasteiger partial charge in [0.2, 0.25) is 11.7 Å². The van der Waals surface area contributed by atoms with Crippen LogP contribution in [0.2, 0.25) is 0 Å². The molecule has 0 spiro atoms. The molecule has 1 N–H and O–H groups in total. The maximum atomic E-state index is 13.0. The zero-order valence-electron chi connectivity index (χ0n) is 20.5. The van der Waals surface area contributed by atoms with Gasteiger partial charge >= 0.3 is 0 Å². The summed E-state index contributed by atoms with van der Waals surface area (Å²) in [5, 5.41) is 3.09. The Balaban J connectivity index is 1.77. The molecule has 9 heteroatoms. The van der Waals surface area contributed by atoms with E-state index in [2.05, 4.69) is 10.2 Å². The molecule has 0 saturated carbocycles. The van der Waals surface area contributed by atoms with Crippen LogP contribution in [0.3, 0.4) is 0 Å². The number of amides is 1. The van der Waals surface area contributed by atoms with Crippen molar-refractivity contribution in [2.45, 2.75) is 12.5 Å². The summed E-state index contributed by atoms with van der Waals surface area (Å²) in [4.78, 5) is 15.3. The summed E-state index contributed by atoms with van der Waals surface area (Å²) >= 11 is 0. The van der Waals surface area contributed by atoms with E-state index in [0.29, 0.717) is 54.1 Å². The van der Waals surface area contributed by atoms with Gasteiger partial charge in [0.15, 0.2) is 23.0 Å². The zero-order valence-corrected chi connectivity index (χ0v) is 20.5. The van der Waals surface area contributed by atoms with E-state index in [0.717, 1.165) is 18.7 Å². The van der Waals surface area contributed by atoms with E-state index >= 15 is 0 Å². The Morgan fingerprint density at radius 1 is 0.882 bits per heavy atom. The smallest absolute Gasteiger partial charge is 0.224 e. The SMILES string of the molecule is COc1ccc(C(CNC(=O)Cc2ccc(OC)c(OC)c2OC)N2CCOCC2)cc1OC. The summed E-state index contributed by atoms with van der Waals surface area (Å²) < 4.78 is 32.7. The number of nitrogens with zero attached hydrogens (tertiary/aromatic N) is 1. The third kappa shape index (κ3) is 5.84. The lowest BCUT2D eigenvalue weighted by Crippen LogP contribution is -2.44. The van der Waals surface area contributed by atoms with E-state index < -0.39 is 0 Å². The van der Waals surface area contributed by atoms with Crippen LogP contribution in [0.4, 0.5) is 0 Å². The fourth-order valence-electron chi connectivity index (χ4n) is 4.16. The molecule has 34 heavy (non-hydrogen) atoms. The van der Waals surface area contributed by atoms with Crippen molar-refractivity contribution < 1.29 is 33.2 Å². The van der Waals surface area contributed by atoms with E-state index in [1.807, 2.05) is 24.3 Å². The average molecular weight is 475 g/mol. The molecule has 1 amide bonds. The van der Waals surface area contributed by atoms with E-state index in [9.17, 15) is 4.79 Å². The van der Waals surface area contributed by atoms with Crippen LogP contribution in [0, 0.1) is 0 Å². The largest absolute Gasteiger partial charge is 0.493 e. The summed E-state index contributed by atoms with van der Waals surface area (Å²) in [6.45, 7) is 3.29. The third-order valence-electron chi connectivity index (χ3n) is 5.91. The maximum absolute atomic E-state index is 13.0. The van der Waals surface area contributed by atoms with Gasteiger partial charge in [0.25, 0.3) is 0 Å².